The lowest BCUT2D eigenvalue weighted by atomic mass is 10.1. The number of rotatable bonds is 8. The van der Waals surface area contributed by atoms with Gasteiger partial charge in [0.1, 0.15) is 6.54 Å². The van der Waals surface area contributed by atoms with Gasteiger partial charge in [0.2, 0.25) is 5.91 Å². The number of carbonyl (C=O) groups excluding carboxylic acids is 1. The Balaban J connectivity index is 2.01. The van der Waals surface area contributed by atoms with Crippen LogP contribution in [0.5, 0.6) is 0 Å². The maximum atomic E-state index is 12.4. The summed E-state index contributed by atoms with van der Waals surface area (Å²) < 4.78 is 0. The zero-order valence-electron chi connectivity index (χ0n) is 13.9. The van der Waals surface area contributed by atoms with Crippen LogP contribution >= 0.6 is 11.3 Å². The smallest absolute Gasteiger partial charge is 0.323 e. The molecule has 0 aliphatic carbocycles. The summed E-state index contributed by atoms with van der Waals surface area (Å²) >= 11 is 1.53. The largest absolute Gasteiger partial charge is 0.480 e. The first-order chi connectivity index (χ1) is 11.5. The summed E-state index contributed by atoms with van der Waals surface area (Å²) in [7, 11) is 0. The van der Waals surface area contributed by atoms with Crippen LogP contribution in [0, 0.1) is 0 Å². The Kier molecular flexibility index (Phi) is 6.49. The predicted octanol–water partition coefficient (Wildman–Crippen LogP) is 2.99. The van der Waals surface area contributed by atoms with Gasteiger partial charge in [-0.25, -0.2) is 4.98 Å². The van der Waals surface area contributed by atoms with Gasteiger partial charge in [-0.15, -0.1) is 11.3 Å². The van der Waals surface area contributed by atoms with Gasteiger partial charge in [-0.2, -0.15) is 0 Å². The molecule has 1 heterocycles. The van der Waals surface area contributed by atoms with Crippen molar-refractivity contribution in [2.75, 3.05) is 6.54 Å². The zero-order chi connectivity index (χ0) is 17.5. The van der Waals surface area contributed by atoms with E-state index in [9.17, 15) is 9.59 Å². The third kappa shape index (κ3) is 5.16. The molecule has 6 heteroatoms. The SMILES string of the molecule is CCC(C)N(CC(=O)O)C(=O)Cc1csc(Cc2ccccc2)n1. The fourth-order valence-corrected chi connectivity index (χ4v) is 3.22. The molecule has 1 aromatic carbocycles. The van der Waals surface area contributed by atoms with Crippen LogP contribution in [0.3, 0.4) is 0 Å². The molecule has 0 aliphatic heterocycles. The van der Waals surface area contributed by atoms with Crippen LogP contribution in [-0.4, -0.2) is 39.5 Å². The fourth-order valence-electron chi connectivity index (χ4n) is 2.39. The number of hydrogen-bond acceptors (Lipinski definition) is 4. The Morgan fingerprint density at radius 2 is 2.00 bits per heavy atom. The maximum absolute atomic E-state index is 12.4. The molecule has 2 rings (SSSR count). The number of aromatic nitrogens is 1. The van der Waals surface area contributed by atoms with Crippen molar-refractivity contribution in [3.8, 4) is 0 Å². The van der Waals surface area contributed by atoms with E-state index in [1.165, 1.54) is 21.8 Å². The molecule has 0 saturated carbocycles. The lowest BCUT2D eigenvalue weighted by Crippen LogP contribution is -2.42. The summed E-state index contributed by atoms with van der Waals surface area (Å²) in [4.78, 5) is 29.4. The minimum Gasteiger partial charge on any atom is -0.480 e. The lowest BCUT2D eigenvalue weighted by Gasteiger charge is -2.26. The molecule has 0 aliphatic rings. The predicted molar refractivity (Wildman–Crippen MR) is 94.2 cm³/mol. The van der Waals surface area contributed by atoms with E-state index in [1.54, 1.807) is 0 Å². The lowest BCUT2D eigenvalue weighted by molar-refractivity contribution is -0.145. The van der Waals surface area contributed by atoms with Crippen LogP contribution in [-0.2, 0) is 22.4 Å². The van der Waals surface area contributed by atoms with Gasteiger partial charge < -0.3 is 10.0 Å². The summed E-state index contributed by atoms with van der Waals surface area (Å²) in [5.41, 5.74) is 1.88. The molecular formula is C18H22N2O3S. The number of hydrogen-bond donors (Lipinski definition) is 1. The first-order valence-corrected chi connectivity index (χ1v) is 8.86. The highest BCUT2D eigenvalue weighted by atomic mass is 32.1. The van der Waals surface area contributed by atoms with Crippen molar-refractivity contribution in [3.05, 3.63) is 52.0 Å². The quantitative estimate of drug-likeness (QED) is 0.798. The Bertz CT molecular complexity index is 685. The van der Waals surface area contributed by atoms with E-state index in [-0.39, 0.29) is 24.9 Å². The van der Waals surface area contributed by atoms with Gasteiger partial charge in [0.25, 0.3) is 0 Å². The Hall–Kier alpha value is -2.21. The summed E-state index contributed by atoms with van der Waals surface area (Å²) in [6.07, 6.45) is 1.60. The van der Waals surface area contributed by atoms with Crippen molar-refractivity contribution in [1.29, 1.82) is 0 Å². The molecule has 1 atom stereocenters. The van der Waals surface area contributed by atoms with Crippen LogP contribution in [0.25, 0.3) is 0 Å². The van der Waals surface area contributed by atoms with Crippen molar-refractivity contribution in [1.82, 2.24) is 9.88 Å². The highest BCUT2D eigenvalue weighted by Crippen LogP contribution is 2.16. The molecule has 0 bridgehead atoms. The van der Waals surface area contributed by atoms with E-state index in [1.807, 2.05) is 49.6 Å². The summed E-state index contributed by atoms with van der Waals surface area (Å²) in [6, 6.07) is 9.94. The van der Waals surface area contributed by atoms with Crippen molar-refractivity contribution >= 4 is 23.2 Å². The molecule has 5 nitrogen and oxygen atoms in total. The minimum atomic E-state index is -0.994. The molecule has 0 spiro atoms. The molecular weight excluding hydrogens is 324 g/mol. The summed E-state index contributed by atoms with van der Waals surface area (Å²) in [5.74, 6) is -1.19. The molecule has 128 valence electrons. The topological polar surface area (TPSA) is 70.5 Å². The van der Waals surface area contributed by atoms with E-state index >= 15 is 0 Å². The number of aliphatic carboxylic acids is 1. The third-order valence-electron chi connectivity index (χ3n) is 3.88. The van der Waals surface area contributed by atoms with Gasteiger partial charge in [-0.1, -0.05) is 37.3 Å². The second-order valence-electron chi connectivity index (χ2n) is 5.74. The van der Waals surface area contributed by atoms with Crippen LogP contribution in [0.4, 0.5) is 0 Å². The Morgan fingerprint density at radius 1 is 1.29 bits per heavy atom. The number of amides is 1. The second-order valence-corrected chi connectivity index (χ2v) is 6.69. The molecule has 0 saturated heterocycles. The van der Waals surface area contributed by atoms with Gasteiger partial charge in [0.05, 0.1) is 17.1 Å². The minimum absolute atomic E-state index is 0.101. The second kappa shape index (κ2) is 8.59. The first kappa shape index (κ1) is 18.1. The molecule has 0 radical (unpaired) electrons. The van der Waals surface area contributed by atoms with Crippen LogP contribution in [0.1, 0.15) is 36.5 Å². The molecule has 1 unspecified atom stereocenters. The Morgan fingerprint density at radius 3 is 2.62 bits per heavy atom. The van der Waals surface area contributed by atoms with Gasteiger partial charge in [-0.3, -0.25) is 9.59 Å². The average Bonchev–Trinajstić information content (AvgIpc) is 2.99. The molecule has 1 amide bonds. The van der Waals surface area contributed by atoms with Crippen molar-refractivity contribution < 1.29 is 14.7 Å². The number of benzene rings is 1. The molecule has 1 N–H and O–H groups in total. The molecule has 24 heavy (non-hydrogen) atoms. The molecule has 0 fully saturated rings. The van der Waals surface area contributed by atoms with E-state index in [2.05, 4.69) is 4.98 Å². The third-order valence-corrected chi connectivity index (χ3v) is 4.78. The maximum Gasteiger partial charge on any atom is 0.323 e. The molecule has 2 aromatic rings. The van der Waals surface area contributed by atoms with Crippen molar-refractivity contribution in [2.45, 2.75) is 39.2 Å². The number of carboxylic acids is 1. The van der Waals surface area contributed by atoms with Crippen LogP contribution in [0.2, 0.25) is 0 Å². The monoisotopic (exact) mass is 346 g/mol. The van der Waals surface area contributed by atoms with E-state index in [0.717, 1.165) is 17.8 Å². The standard InChI is InChI=1S/C18H22N2O3S/c1-3-13(2)20(11-18(22)23)17(21)10-15-12-24-16(19-15)9-14-7-5-4-6-8-14/h4-8,12-13H,3,9-11H2,1-2H3,(H,22,23). The van der Waals surface area contributed by atoms with Gasteiger partial charge >= 0.3 is 5.97 Å². The zero-order valence-corrected chi connectivity index (χ0v) is 14.8. The highest BCUT2D eigenvalue weighted by molar-refractivity contribution is 7.09. The van der Waals surface area contributed by atoms with Gasteiger partial charge in [-0.05, 0) is 18.9 Å². The van der Waals surface area contributed by atoms with Gasteiger partial charge in [0.15, 0.2) is 0 Å². The molecule has 1 aromatic heterocycles. The van der Waals surface area contributed by atoms with Crippen LogP contribution in [0.15, 0.2) is 35.7 Å². The van der Waals surface area contributed by atoms with Crippen molar-refractivity contribution in [2.24, 2.45) is 0 Å². The Labute approximate surface area is 146 Å². The van der Waals surface area contributed by atoms with Gasteiger partial charge in [0, 0.05) is 17.8 Å². The van der Waals surface area contributed by atoms with E-state index < -0.39 is 5.97 Å². The summed E-state index contributed by atoms with van der Waals surface area (Å²) in [5, 5.41) is 11.8. The fraction of sp³-hybridized carbons (Fsp3) is 0.389. The average molecular weight is 346 g/mol. The normalized spacial score (nSPS) is 11.9. The number of nitrogens with zero attached hydrogens (tertiary/aromatic N) is 2. The van der Waals surface area contributed by atoms with Crippen molar-refractivity contribution in [3.63, 3.8) is 0 Å². The number of carbonyl (C=O) groups is 2. The number of carboxylic acid groups (broad SMARTS) is 1. The van der Waals surface area contributed by atoms with E-state index in [4.69, 9.17) is 5.11 Å². The van der Waals surface area contributed by atoms with E-state index in [0.29, 0.717) is 5.69 Å². The highest BCUT2D eigenvalue weighted by Gasteiger charge is 2.22. The number of thiazole rings is 1. The van der Waals surface area contributed by atoms with Crippen LogP contribution < -0.4 is 0 Å². The first-order valence-electron chi connectivity index (χ1n) is 7.98. The summed E-state index contributed by atoms with van der Waals surface area (Å²) in [6.45, 7) is 3.53.